The van der Waals surface area contributed by atoms with Crippen molar-refractivity contribution in [1.29, 1.82) is 0 Å². The molecule has 2 aliphatic rings. The molecule has 0 radical (unpaired) electrons. The summed E-state index contributed by atoms with van der Waals surface area (Å²) in [5.74, 6) is -4.08. The lowest BCUT2D eigenvalue weighted by Crippen LogP contribution is -2.51. The van der Waals surface area contributed by atoms with Gasteiger partial charge in [0.05, 0.1) is 4.90 Å². The molecule has 1 heterocycles. The summed E-state index contributed by atoms with van der Waals surface area (Å²) in [6.07, 6.45) is -12.3. The predicted molar refractivity (Wildman–Crippen MR) is 148 cm³/mol. The molecule has 0 amide bonds. The Hall–Kier alpha value is -3.75. The quantitative estimate of drug-likeness (QED) is 0.203. The summed E-state index contributed by atoms with van der Waals surface area (Å²) in [6, 6.07) is 8.57. The summed E-state index contributed by atoms with van der Waals surface area (Å²) in [6.45, 7) is 1.86. The van der Waals surface area contributed by atoms with Crippen molar-refractivity contribution in [1.82, 2.24) is 5.16 Å². The van der Waals surface area contributed by atoms with Crippen molar-refractivity contribution >= 4 is 21.6 Å². The number of aromatic carboxylic acids is 1. The van der Waals surface area contributed by atoms with Crippen molar-refractivity contribution in [2.24, 2.45) is 11.8 Å². The van der Waals surface area contributed by atoms with Gasteiger partial charge in [-0.25, -0.2) is 17.6 Å². The number of carbonyl (C=O) groups excluding carboxylic acids is 1. The number of carboxylic acids is 1. The third-order valence-corrected chi connectivity index (χ3v) is 11.9. The Morgan fingerprint density at radius 1 is 0.978 bits per heavy atom. The molecule has 3 atom stereocenters. The minimum absolute atomic E-state index is 0.0419. The van der Waals surface area contributed by atoms with E-state index < -0.39 is 67.5 Å². The van der Waals surface area contributed by atoms with Crippen LogP contribution < -0.4 is 0 Å². The fourth-order valence-electron chi connectivity index (χ4n) is 6.96. The molecule has 248 valence electrons. The van der Waals surface area contributed by atoms with E-state index in [0.29, 0.717) is 18.6 Å². The summed E-state index contributed by atoms with van der Waals surface area (Å²) < 4.78 is 129. The highest BCUT2D eigenvalue weighted by molar-refractivity contribution is 7.92. The fourth-order valence-corrected chi connectivity index (χ4v) is 9.43. The summed E-state index contributed by atoms with van der Waals surface area (Å²) >= 11 is 0. The van der Waals surface area contributed by atoms with Gasteiger partial charge in [-0.1, -0.05) is 48.8 Å². The summed E-state index contributed by atoms with van der Waals surface area (Å²) in [7, 11) is -4.43. The third-order valence-electron chi connectivity index (χ3n) is 9.30. The van der Waals surface area contributed by atoms with E-state index in [9.17, 15) is 44.3 Å². The SMILES string of the molecule is CCc1ccc(S(=O)(=O)C23CCCC(C(=O)c4cc(C(=O)O)no4)CC2CCc2cc(C(F)(C(F)(F)F)C(F)(F)F)ccc23)cc1. The maximum Gasteiger partial charge on any atom is 0.435 e. The van der Waals surface area contributed by atoms with Crippen LogP contribution in [-0.4, -0.2) is 42.8 Å². The molecule has 0 aliphatic heterocycles. The van der Waals surface area contributed by atoms with E-state index in [1.54, 1.807) is 12.1 Å². The molecule has 0 spiro atoms. The minimum atomic E-state index is -6.35. The van der Waals surface area contributed by atoms with Gasteiger partial charge >= 0.3 is 24.0 Å². The van der Waals surface area contributed by atoms with Crippen LogP contribution >= 0.6 is 0 Å². The zero-order valence-electron chi connectivity index (χ0n) is 24.2. The van der Waals surface area contributed by atoms with Crippen LogP contribution in [0.15, 0.2) is 57.9 Å². The number of benzene rings is 2. The number of hydrogen-bond donors (Lipinski definition) is 1. The molecule has 5 rings (SSSR count). The van der Waals surface area contributed by atoms with E-state index in [2.05, 4.69) is 5.16 Å². The second-order valence-corrected chi connectivity index (χ2v) is 13.9. The van der Waals surface area contributed by atoms with Crippen LogP contribution in [0.25, 0.3) is 0 Å². The van der Waals surface area contributed by atoms with Gasteiger partial charge in [0.2, 0.25) is 11.5 Å². The Labute approximate surface area is 258 Å². The van der Waals surface area contributed by atoms with Gasteiger partial charge < -0.3 is 9.63 Å². The normalized spacial score (nSPS) is 22.4. The number of aromatic nitrogens is 1. The number of rotatable bonds is 7. The lowest BCUT2D eigenvalue weighted by atomic mass is 9.70. The maximum absolute atomic E-state index is 15.1. The Bertz CT molecular complexity index is 1750. The second-order valence-electron chi connectivity index (χ2n) is 11.7. The molecule has 2 aromatic carbocycles. The first kappa shape index (κ1) is 33.6. The highest BCUT2D eigenvalue weighted by Crippen LogP contribution is 2.58. The highest BCUT2D eigenvalue weighted by Gasteiger charge is 2.73. The number of ketones is 1. The van der Waals surface area contributed by atoms with E-state index in [1.165, 1.54) is 12.1 Å². The zero-order valence-corrected chi connectivity index (χ0v) is 25.0. The van der Waals surface area contributed by atoms with Crippen LogP contribution in [0.3, 0.4) is 0 Å². The van der Waals surface area contributed by atoms with Crippen LogP contribution in [0, 0.1) is 11.8 Å². The number of carbonyl (C=O) groups is 2. The zero-order chi connectivity index (χ0) is 33.9. The molecular formula is C31H28F7NO6S. The number of hydrogen-bond acceptors (Lipinski definition) is 6. The molecule has 1 saturated carbocycles. The van der Waals surface area contributed by atoms with Gasteiger partial charge in [-0.15, -0.1) is 0 Å². The number of halogens is 7. The first-order chi connectivity index (χ1) is 21.4. The lowest BCUT2D eigenvalue weighted by Gasteiger charge is -2.45. The van der Waals surface area contributed by atoms with Gasteiger partial charge in [-0.05, 0) is 73.3 Å². The van der Waals surface area contributed by atoms with Gasteiger partial charge in [0, 0.05) is 17.5 Å². The van der Waals surface area contributed by atoms with Crippen molar-refractivity contribution in [2.45, 2.75) is 79.5 Å². The number of fused-ring (bicyclic) bond motifs is 3. The standard InChI is InChI=1S/C31H28F7NO6S/c1-2-17-5-10-22(11-6-17)46(43,44)28-13-3-4-19(26(40)25-16-24(27(41)42)39-45-25)15-20(28)8-7-18-14-21(9-12-23(18)28)29(32,30(33,34)35)31(36,37)38/h5-6,9-12,14,16,19-20H,2-4,7-8,13,15H2,1H3,(H,41,42). The Kier molecular flexibility index (Phi) is 8.40. The van der Waals surface area contributed by atoms with Crippen molar-refractivity contribution in [3.63, 3.8) is 0 Å². The van der Waals surface area contributed by atoms with E-state index >= 15 is 4.39 Å². The third kappa shape index (κ3) is 5.20. The predicted octanol–water partition coefficient (Wildman–Crippen LogP) is 7.53. The molecule has 15 heteroatoms. The van der Waals surface area contributed by atoms with Gasteiger partial charge in [-0.3, -0.25) is 4.79 Å². The molecule has 2 aliphatic carbocycles. The molecule has 0 saturated heterocycles. The van der Waals surface area contributed by atoms with E-state index in [-0.39, 0.29) is 60.3 Å². The highest BCUT2D eigenvalue weighted by atomic mass is 32.2. The number of Topliss-reactive ketones (excluding diaryl/α,β-unsaturated/α-hetero) is 1. The number of sulfone groups is 1. The molecule has 46 heavy (non-hydrogen) atoms. The number of alkyl halides is 7. The van der Waals surface area contributed by atoms with Crippen LogP contribution in [0.5, 0.6) is 0 Å². The van der Waals surface area contributed by atoms with Crippen molar-refractivity contribution in [3.05, 3.63) is 82.2 Å². The largest absolute Gasteiger partial charge is 0.476 e. The Morgan fingerprint density at radius 2 is 1.63 bits per heavy atom. The van der Waals surface area contributed by atoms with E-state index in [0.717, 1.165) is 17.7 Å². The topological polar surface area (TPSA) is 115 Å². The first-order valence-corrected chi connectivity index (χ1v) is 15.9. The number of aryl methyl sites for hydroxylation is 2. The first-order valence-electron chi connectivity index (χ1n) is 14.4. The fraction of sp³-hybridized carbons (Fsp3) is 0.452. The molecule has 0 bridgehead atoms. The lowest BCUT2D eigenvalue weighted by molar-refractivity contribution is -0.348. The second kappa shape index (κ2) is 11.5. The molecule has 7 nitrogen and oxygen atoms in total. The summed E-state index contributed by atoms with van der Waals surface area (Å²) in [5, 5.41) is 12.5. The Balaban J connectivity index is 1.66. The van der Waals surface area contributed by atoms with Crippen LogP contribution in [0.1, 0.15) is 82.3 Å². The molecular weight excluding hydrogens is 647 g/mol. The molecule has 3 unspecified atom stereocenters. The van der Waals surface area contributed by atoms with Crippen LogP contribution in [0.2, 0.25) is 0 Å². The molecule has 3 aromatic rings. The monoisotopic (exact) mass is 675 g/mol. The van der Waals surface area contributed by atoms with Gasteiger partial charge in [0.15, 0.2) is 15.5 Å². The summed E-state index contributed by atoms with van der Waals surface area (Å²) in [5.41, 5.74) is -7.29. The van der Waals surface area contributed by atoms with Crippen LogP contribution in [-0.2, 0) is 33.1 Å². The average molecular weight is 676 g/mol. The average Bonchev–Trinajstić information content (AvgIpc) is 3.40. The van der Waals surface area contributed by atoms with E-state index in [4.69, 9.17) is 9.63 Å². The molecule has 1 fully saturated rings. The molecule has 1 aromatic heterocycles. The van der Waals surface area contributed by atoms with Crippen LogP contribution in [0.4, 0.5) is 30.7 Å². The van der Waals surface area contributed by atoms with Crippen molar-refractivity contribution in [2.75, 3.05) is 0 Å². The smallest absolute Gasteiger partial charge is 0.435 e. The Morgan fingerprint density at radius 3 is 2.20 bits per heavy atom. The van der Waals surface area contributed by atoms with Gasteiger partial charge in [0.25, 0.3) is 0 Å². The van der Waals surface area contributed by atoms with Gasteiger partial charge in [0.1, 0.15) is 4.75 Å². The van der Waals surface area contributed by atoms with Crippen molar-refractivity contribution in [3.8, 4) is 0 Å². The number of carboxylic acid groups (broad SMARTS) is 1. The number of nitrogens with zero attached hydrogens (tertiary/aromatic N) is 1. The van der Waals surface area contributed by atoms with E-state index in [1.807, 2.05) is 6.92 Å². The van der Waals surface area contributed by atoms with Crippen molar-refractivity contribution < 1.29 is 58.4 Å². The van der Waals surface area contributed by atoms with Gasteiger partial charge in [-0.2, -0.15) is 26.3 Å². The molecule has 1 N–H and O–H groups in total. The maximum atomic E-state index is 15.1. The summed E-state index contributed by atoms with van der Waals surface area (Å²) in [4.78, 5) is 24.5. The minimum Gasteiger partial charge on any atom is -0.476 e.